The number of hydrogen-bond acceptors (Lipinski definition) is 5. The summed E-state index contributed by atoms with van der Waals surface area (Å²) in [4.78, 5) is 31.4. The number of aryl methyl sites for hydroxylation is 2. The Morgan fingerprint density at radius 2 is 2.24 bits per heavy atom. The Balaban J connectivity index is 1.49. The van der Waals surface area contributed by atoms with Gasteiger partial charge in [0.15, 0.2) is 4.96 Å². The minimum atomic E-state index is -0.280. The summed E-state index contributed by atoms with van der Waals surface area (Å²) >= 11 is 1.37. The van der Waals surface area contributed by atoms with Gasteiger partial charge in [-0.25, -0.2) is 9.78 Å². The van der Waals surface area contributed by atoms with Crippen LogP contribution in [-0.2, 0) is 0 Å². The van der Waals surface area contributed by atoms with Gasteiger partial charge in [0.05, 0.1) is 17.9 Å². The second-order valence-electron chi connectivity index (χ2n) is 6.22. The van der Waals surface area contributed by atoms with Crippen molar-refractivity contribution in [3.8, 4) is 0 Å². The average Bonchev–Trinajstić information content (AvgIpc) is 3.29. The molecule has 0 aliphatic carbocycles. The van der Waals surface area contributed by atoms with Gasteiger partial charge >= 0.3 is 6.03 Å². The van der Waals surface area contributed by atoms with Crippen molar-refractivity contribution in [2.75, 3.05) is 18.4 Å². The van der Waals surface area contributed by atoms with Gasteiger partial charge in [0.1, 0.15) is 5.69 Å². The predicted octanol–water partition coefficient (Wildman–Crippen LogP) is 2.05. The standard InChI is InChI=1S/C16H18N6O2S/c1-10-7-11(2)22(19-10)12-3-4-20(9-12)15(24)18-13-8-17-16-21(14(13)23)5-6-25-16/h5-8,12H,3-4,9H2,1-2H3,(H,18,24). The van der Waals surface area contributed by atoms with Crippen LogP contribution in [0.2, 0.25) is 0 Å². The fourth-order valence-corrected chi connectivity index (χ4v) is 3.92. The molecule has 9 heteroatoms. The van der Waals surface area contributed by atoms with Crippen molar-refractivity contribution in [1.82, 2.24) is 24.1 Å². The molecule has 1 aliphatic rings. The molecule has 1 aliphatic heterocycles. The molecule has 4 heterocycles. The first kappa shape index (κ1) is 15.8. The van der Waals surface area contributed by atoms with E-state index in [-0.39, 0.29) is 23.3 Å². The molecule has 4 rings (SSSR count). The molecule has 1 N–H and O–H groups in total. The van der Waals surface area contributed by atoms with Crippen LogP contribution in [-0.4, -0.2) is 43.2 Å². The maximum absolute atomic E-state index is 12.5. The van der Waals surface area contributed by atoms with Crippen LogP contribution in [0.1, 0.15) is 23.9 Å². The third-order valence-corrected chi connectivity index (χ3v) is 5.20. The molecular weight excluding hydrogens is 340 g/mol. The summed E-state index contributed by atoms with van der Waals surface area (Å²) in [6.07, 6.45) is 3.91. The SMILES string of the molecule is Cc1cc(C)n(C2CCN(C(=O)Nc3cnc4sccn4c3=O)C2)n1. The Hall–Kier alpha value is -2.68. The summed E-state index contributed by atoms with van der Waals surface area (Å²) < 4.78 is 3.42. The molecule has 0 radical (unpaired) electrons. The summed E-state index contributed by atoms with van der Waals surface area (Å²) in [5.74, 6) is 0. The van der Waals surface area contributed by atoms with E-state index >= 15 is 0 Å². The van der Waals surface area contributed by atoms with Crippen molar-refractivity contribution >= 4 is 28.0 Å². The highest BCUT2D eigenvalue weighted by atomic mass is 32.1. The second-order valence-corrected chi connectivity index (χ2v) is 7.10. The van der Waals surface area contributed by atoms with Crippen LogP contribution < -0.4 is 10.9 Å². The number of amides is 2. The van der Waals surface area contributed by atoms with Crippen LogP contribution in [0.5, 0.6) is 0 Å². The lowest BCUT2D eigenvalue weighted by molar-refractivity contribution is 0.220. The number of hydrogen-bond donors (Lipinski definition) is 1. The smallest absolute Gasteiger partial charge is 0.322 e. The number of urea groups is 1. The first-order chi connectivity index (χ1) is 12.0. The highest BCUT2D eigenvalue weighted by Gasteiger charge is 2.29. The van der Waals surface area contributed by atoms with Crippen LogP contribution in [0.25, 0.3) is 4.96 Å². The van der Waals surface area contributed by atoms with E-state index in [1.165, 1.54) is 21.9 Å². The summed E-state index contributed by atoms with van der Waals surface area (Å²) in [6.45, 7) is 5.18. The monoisotopic (exact) mass is 358 g/mol. The molecule has 1 saturated heterocycles. The number of fused-ring (bicyclic) bond motifs is 1. The molecule has 25 heavy (non-hydrogen) atoms. The van der Waals surface area contributed by atoms with Crippen molar-refractivity contribution < 1.29 is 4.79 Å². The van der Waals surface area contributed by atoms with E-state index in [0.717, 1.165) is 17.8 Å². The Morgan fingerprint density at radius 3 is 3.00 bits per heavy atom. The topological polar surface area (TPSA) is 84.5 Å². The zero-order chi connectivity index (χ0) is 17.6. The maximum Gasteiger partial charge on any atom is 0.322 e. The molecule has 2 amide bonds. The zero-order valence-corrected chi connectivity index (χ0v) is 14.8. The lowest BCUT2D eigenvalue weighted by atomic mass is 10.2. The van der Waals surface area contributed by atoms with E-state index < -0.39 is 0 Å². The molecule has 1 atom stereocenters. The molecule has 0 saturated carbocycles. The quantitative estimate of drug-likeness (QED) is 0.760. The molecule has 0 spiro atoms. The number of nitrogens with one attached hydrogen (secondary N) is 1. The highest BCUT2D eigenvalue weighted by molar-refractivity contribution is 7.15. The summed E-state index contributed by atoms with van der Waals surface area (Å²) in [5, 5.41) is 8.99. The molecule has 0 bridgehead atoms. The van der Waals surface area contributed by atoms with Gasteiger partial charge in [-0.2, -0.15) is 5.10 Å². The summed E-state index contributed by atoms with van der Waals surface area (Å²) in [7, 11) is 0. The Labute approximate surface area is 147 Å². The lowest BCUT2D eigenvalue weighted by Crippen LogP contribution is -2.35. The van der Waals surface area contributed by atoms with Gasteiger partial charge < -0.3 is 10.2 Å². The minimum absolute atomic E-state index is 0.165. The van der Waals surface area contributed by atoms with E-state index in [9.17, 15) is 9.59 Å². The average molecular weight is 358 g/mol. The largest absolute Gasteiger partial charge is 0.322 e. The van der Waals surface area contributed by atoms with Crippen molar-refractivity contribution in [2.45, 2.75) is 26.3 Å². The zero-order valence-electron chi connectivity index (χ0n) is 14.0. The van der Waals surface area contributed by atoms with Gasteiger partial charge in [-0.1, -0.05) is 0 Å². The lowest BCUT2D eigenvalue weighted by Gasteiger charge is -2.17. The van der Waals surface area contributed by atoms with Crippen LogP contribution >= 0.6 is 11.3 Å². The third-order valence-electron chi connectivity index (χ3n) is 4.43. The molecule has 8 nitrogen and oxygen atoms in total. The van der Waals surface area contributed by atoms with E-state index in [2.05, 4.69) is 15.4 Å². The van der Waals surface area contributed by atoms with E-state index in [1.54, 1.807) is 16.5 Å². The molecule has 0 aromatic carbocycles. The molecule has 130 valence electrons. The van der Waals surface area contributed by atoms with Crippen LogP contribution in [0.4, 0.5) is 10.5 Å². The third kappa shape index (κ3) is 2.80. The summed E-state index contributed by atoms with van der Waals surface area (Å²) in [5.41, 5.74) is 1.99. The number of nitrogens with zero attached hydrogens (tertiary/aromatic N) is 5. The second kappa shape index (κ2) is 5.99. The van der Waals surface area contributed by atoms with Gasteiger partial charge in [0.25, 0.3) is 5.56 Å². The van der Waals surface area contributed by atoms with Gasteiger partial charge in [-0.15, -0.1) is 11.3 Å². The molecule has 3 aromatic rings. The Bertz CT molecular complexity index is 1000. The number of anilines is 1. The van der Waals surface area contributed by atoms with Crippen molar-refractivity contribution in [2.24, 2.45) is 0 Å². The van der Waals surface area contributed by atoms with Crippen molar-refractivity contribution in [3.05, 3.63) is 45.6 Å². The first-order valence-corrected chi connectivity index (χ1v) is 8.94. The van der Waals surface area contributed by atoms with Crippen molar-refractivity contribution in [1.29, 1.82) is 0 Å². The minimum Gasteiger partial charge on any atom is -0.322 e. The number of likely N-dealkylation sites (tertiary alicyclic amines) is 1. The molecular formula is C16H18N6O2S. The van der Waals surface area contributed by atoms with Gasteiger partial charge in [0, 0.05) is 30.4 Å². The van der Waals surface area contributed by atoms with E-state index in [4.69, 9.17) is 0 Å². The fraction of sp³-hybridized carbons (Fsp3) is 0.375. The number of carbonyl (C=O) groups excluding carboxylic acids is 1. The normalized spacial score (nSPS) is 17.4. The molecule has 3 aromatic heterocycles. The van der Waals surface area contributed by atoms with Gasteiger partial charge in [0.2, 0.25) is 0 Å². The molecule has 1 unspecified atom stereocenters. The van der Waals surface area contributed by atoms with E-state index in [0.29, 0.717) is 18.1 Å². The highest BCUT2D eigenvalue weighted by Crippen LogP contribution is 2.23. The number of carbonyl (C=O) groups is 1. The Kier molecular flexibility index (Phi) is 3.79. The summed E-state index contributed by atoms with van der Waals surface area (Å²) in [6, 6.07) is 1.92. The number of thiazole rings is 1. The molecule has 1 fully saturated rings. The predicted molar refractivity (Wildman–Crippen MR) is 95.3 cm³/mol. The van der Waals surface area contributed by atoms with Gasteiger partial charge in [-0.3, -0.25) is 13.9 Å². The van der Waals surface area contributed by atoms with Gasteiger partial charge in [-0.05, 0) is 26.3 Å². The number of rotatable bonds is 2. The van der Waals surface area contributed by atoms with E-state index in [1.807, 2.05) is 24.6 Å². The fourth-order valence-electron chi connectivity index (χ4n) is 3.25. The first-order valence-electron chi connectivity index (χ1n) is 8.06. The maximum atomic E-state index is 12.5. The van der Waals surface area contributed by atoms with Crippen molar-refractivity contribution in [3.63, 3.8) is 0 Å². The van der Waals surface area contributed by atoms with Crippen LogP contribution in [0, 0.1) is 13.8 Å². The Morgan fingerprint density at radius 1 is 1.40 bits per heavy atom. The van der Waals surface area contributed by atoms with Crippen LogP contribution in [0.3, 0.4) is 0 Å². The van der Waals surface area contributed by atoms with Crippen LogP contribution in [0.15, 0.2) is 28.6 Å². The number of aromatic nitrogens is 4.